The van der Waals surface area contributed by atoms with Crippen LogP contribution in [0, 0.1) is 24.0 Å². The second-order valence-corrected chi connectivity index (χ2v) is 5.71. The average Bonchev–Trinajstić information content (AvgIpc) is 2.95. The Kier molecular flexibility index (Phi) is 5.11. The van der Waals surface area contributed by atoms with Gasteiger partial charge in [0.2, 0.25) is 5.75 Å². The van der Waals surface area contributed by atoms with Crippen molar-refractivity contribution in [2.24, 2.45) is 0 Å². The van der Waals surface area contributed by atoms with Crippen LogP contribution < -0.4 is 10.1 Å². The molecule has 0 aliphatic heterocycles. The normalized spacial score (nSPS) is 10.4. The van der Waals surface area contributed by atoms with E-state index in [1.165, 1.54) is 18.3 Å². The number of aromatic nitrogens is 3. The van der Waals surface area contributed by atoms with Crippen molar-refractivity contribution in [3.63, 3.8) is 0 Å². The number of hydrogen-bond donors (Lipinski definition) is 1. The number of carbonyl (C=O) groups is 1. The number of para-hydroxylation sites is 1. The third-order valence-electron chi connectivity index (χ3n) is 3.84. The van der Waals surface area contributed by atoms with Crippen LogP contribution in [-0.2, 0) is 4.79 Å². The second kappa shape index (κ2) is 7.65. The van der Waals surface area contributed by atoms with Crippen molar-refractivity contribution < 1.29 is 14.5 Å². The standard InChI is InChI=1S/C18H17N5O4/c1-12-17(13(2)22(21-12)14-7-4-3-5-8-14)20-16(24)11-27-15-9-6-10-19-18(15)23(25)26/h3-10H,11H2,1-2H3,(H,20,24). The van der Waals surface area contributed by atoms with E-state index in [0.717, 1.165) is 11.4 Å². The van der Waals surface area contributed by atoms with Gasteiger partial charge in [0.05, 0.1) is 22.8 Å². The molecule has 3 rings (SSSR count). The average molecular weight is 367 g/mol. The lowest BCUT2D eigenvalue weighted by Gasteiger charge is -2.08. The molecule has 0 fully saturated rings. The number of rotatable bonds is 6. The SMILES string of the molecule is Cc1nn(-c2ccccc2)c(C)c1NC(=O)COc1cccnc1[N+](=O)[O-]. The summed E-state index contributed by atoms with van der Waals surface area (Å²) in [6.07, 6.45) is 1.29. The highest BCUT2D eigenvalue weighted by Crippen LogP contribution is 2.24. The molecule has 27 heavy (non-hydrogen) atoms. The number of ether oxygens (including phenoxy) is 1. The van der Waals surface area contributed by atoms with Gasteiger partial charge in [-0.3, -0.25) is 4.79 Å². The minimum atomic E-state index is -0.661. The van der Waals surface area contributed by atoms with Crippen LogP contribution in [-0.4, -0.2) is 32.2 Å². The number of carbonyl (C=O) groups excluding carboxylic acids is 1. The van der Waals surface area contributed by atoms with E-state index in [9.17, 15) is 14.9 Å². The number of pyridine rings is 1. The molecule has 0 saturated carbocycles. The molecule has 0 radical (unpaired) electrons. The lowest BCUT2D eigenvalue weighted by atomic mass is 10.3. The molecule has 9 nitrogen and oxygen atoms in total. The maximum absolute atomic E-state index is 12.3. The number of benzene rings is 1. The predicted molar refractivity (Wildman–Crippen MR) is 98.1 cm³/mol. The molecule has 0 unspecified atom stereocenters. The number of amides is 1. The zero-order chi connectivity index (χ0) is 19.4. The Morgan fingerprint density at radius 1 is 1.22 bits per heavy atom. The summed E-state index contributed by atoms with van der Waals surface area (Å²) in [5.41, 5.74) is 2.87. The Morgan fingerprint density at radius 2 is 1.96 bits per heavy atom. The van der Waals surface area contributed by atoms with Gasteiger partial charge in [-0.1, -0.05) is 18.2 Å². The van der Waals surface area contributed by atoms with Crippen LogP contribution in [0.25, 0.3) is 5.69 Å². The maximum atomic E-state index is 12.3. The van der Waals surface area contributed by atoms with E-state index >= 15 is 0 Å². The summed E-state index contributed by atoms with van der Waals surface area (Å²) in [6.45, 7) is 3.24. The topological polar surface area (TPSA) is 112 Å². The Balaban J connectivity index is 1.72. The lowest BCUT2D eigenvalue weighted by Crippen LogP contribution is -2.21. The minimum Gasteiger partial charge on any atom is -0.476 e. The summed E-state index contributed by atoms with van der Waals surface area (Å²) >= 11 is 0. The van der Waals surface area contributed by atoms with Crippen molar-refractivity contribution in [2.75, 3.05) is 11.9 Å². The van der Waals surface area contributed by atoms with E-state index in [1.54, 1.807) is 11.6 Å². The first-order chi connectivity index (χ1) is 13.0. The number of nitro groups is 1. The predicted octanol–water partition coefficient (Wildman–Crippen LogP) is 2.81. The van der Waals surface area contributed by atoms with Crippen LogP contribution in [0.1, 0.15) is 11.4 Å². The van der Waals surface area contributed by atoms with Crippen molar-refractivity contribution in [1.29, 1.82) is 0 Å². The van der Waals surface area contributed by atoms with Gasteiger partial charge in [0.15, 0.2) is 6.61 Å². The molecule has 138 valence electrons. The van der Waals surface area contributed by atoms with Crippen molar-refractivity contribution in [3.05, 3.63) is 70.2 Å². The van der Waals surface area contributed by atoms with Crippen molar-refractivity contribution in [1.82, 2.24) is 14.8 Å². The molecule has 0 aliphatic carbocycles. The molecule has 0 atom stereocenters. The molecule has 9 heteroatoms. The van der Waals surface area contributed by atoms with E-state index in [1.807, 2.05) is 37.3 Å². The van der Waals surface area contributed by atoms with Gasteiger partial charge < -0.3 is 20.2 Å². The zero-order valence-electron chi connectivity index (χ0n) is 14.7. The number of nitrogens with one attached hydrogen (secondary N) is 1. The zero-order valence-corrected chi connectivity index (χ0v) is 14.7. The van der Waals surface area contributed by atoms with Gasteiger partial charge in [0.25, 0.3) is 5.91 Å². The van der Waals surface area contributed by atoms with Crippen molar-refractivity contribution >= 4 is 17.4 Å². The van der Waals surface area contributed by atoms with Gasteiger partial charge in [-0.25, -0.2) is 4.68 Å². The number of nitrogens with zero attached hydrogens (tertiary/aromatic N) is 4. The van der Waals surface area contributed by atoms with Gasteiger partial charge in [0, 0.05) is 0 Å². The fourth-order valence-electron chi connectivity index (χ4n) is 2.59. The molecule has 2 heterocycles. The highest BCUT2D eigenvalue weighted by atomic mass is 16.6. The van der Waals surface area contributed by atoms with Gasteiger partial charge in [-0.15, -0.1) is 0 Å². The molecule has 0 bridgehead atoms. The molecule has 1 aromatic carbocycles. The summed E-state index contributed by atoms with van der Waals surface area (Å²) in [5.74, 6) is -0.951. The third kappa shape index (κ3) is 3.92. The first kappa shape index (κ1) is 18.1. The fourth-order valence-corrected chi connectivity index (χ4v) is 2.59. The van der Waals surface area contributed by atoms with Gasteiger partial charge in [-0.2, -0.15) is 5.10 Å². The molecule has 3 aromatic rings. The van der Waals surface area contributed by atoms with E-state index in [2.05, 4.69) is 15.4 Å². The second-order valence-electron chi connectivity index (χ2n) is 5.71. The van der Waals surface area contributed by atoms with Crippen LogP contribution >= 0.6 is 0 Å². The fraction of sp³-hybridized carbons (Fsp3) is 0.167. The van der Waals surface area contributed by atoms with Gasteiger partial charge in [0.1, 0.15) is 6.20 Å². The van der Waals surface area contributed by atoms with Crippen LogP contribution in [0.4, 0.5) is 11.5 Å². The van der Waals surface area contributed by atoms with Gasteiger partial charge >= 0.3 is 5.82 Å². The van der Waals surface area contributed by atoms with E-state index < -0.39 is 16.6 Å². The van der Waals surface area contributed by atoms with Crippen LogP contribution in [0.15, 0.2) is 48.7 Å². The van der Waals surface area contributed by atoms with Gasteiger partial charge in [-0.05, 0) is 48.0 Å². The molecular formula is C18H17N5O4. The quantitative estimate of drug-likeness (QED) is 0.529. The molecule has 0 spiro atoms. The Morgan fingerprint density at radius 3 is 2.67 bits per heavy atom. The monoisotopic (exact) mass is 367 g/mol. The molecule has 2 aromatic heterocycles. The molecule has 1 amide bonds. The van der Waals surface area contributed by atoms with E-state index in [4.69, 9.17) is 4.74 Å². The van der Waals surface area contributed by atoms with E-state index in [-0.39, 0.29) is 12.4 Å². The third-order valence-corrected chi connectivity index (χ3v) is 3.84. The smallest absolute Gasteiger partial charge is 0.406 e. The Hall–Kier alpha value is -3.75. The Bertz CT molecular complexity index is 985. The molecular weight excluding hydrogens is 350 g/mol. The van der Waals surface area contributed by atoms with Crippen LogP contribution in [0.3, 0.4) is 0 Å². The minimum absolute atomic E-state index is 0.0638. The van der Waals surface area contributed by atoms with E-state index in [0.29, 0.717) is 11.4 Å². The first-order valence-corrected chi connectivity index (χ1v) is 8.11. The summed E-state index contributed by atoms with van der Waals surface area (Å²) in [5, 5.41) is 18.1. The highest BCUT2D eigenvalue weighted by Gasteiger charge is 2.19. The Labute approximate surface area is 154 Å². The summed E-state index contributed by atoms with van der Waals surface area (Å²) in [4.78, 5) is 26.2. The molecule has 1 N–H and O–H groups in total. The lowest BCUT2D eigenvalue weighted by molar-refractivity contribution is -0.390. The van der Waals surface area contributed by atoms with Crippen molar-refractivity contribution in [2.45, 2.75) is 13.8 Å². The van der Waals surface area contributed by atoms with Crippen LogP contribution in [0.5, 0.6) is 5.75 Å². The number of anilines is 1. The molecule has 0 aliphatic rings. The largest absolute Gasteiger partial charge is 0.476 e. The summed E-state index contributed by atoms with van der Waals surface area (Å²) in [7, 11) is 0. The highest BCUT2D eigenvalue weighted by molar-refractivity contribution is 5.93. The summed E-state index contributed by atoms with van der Waals surface area (Å²) in [6, 6.07) is 12.4. The molecule has 0 saturated heterocycles. The maximum Gasteiger partial charge on any atom is 0.406 e. The first-order valence-electron chi connectivity index (χ1n) is 8.11. The summed E-state index contributed by atoms with van der Waals surface area (Å²) < 4.78 is 6.99. The number of hydrogen-bond acceptors (Lipinski definition) is 6. The van der Waals surface area contributed by atoms with Crippen LogP contribution in [0.2, 0.25) is 0 Å². The number of aryl methyl sites for hydroxylation is 1. The van der Waals surface area contributed by atoms with Crippen molar-refractivity contribution in [3.8, 4) is 11.4 Å².